The predicted molar refractivity (Wildman–Crippen MR) is 121 cm³/mol. The summed E-state index contributed by atoms with van der Waals surface area (Å²) in [6.45, 7) is 4.46. The Hall–Kier alpha value is -3.58. The molecule has 2 aromatic carbocycles. The van der Waals surface area contributed by atoms with Gasteiger partial charge in [0, 0.05) is 37.9 Å². The van der Waals surface area contributed by atoms with Crippen LogP contribution >= 0.6 is 0 Å². The number of methoxy groups -OCH3 is 1. The van der Waals surface area contributed by atoms with E-state index in [1.807, 2.05) is 6.07 Å². The molecule has 0 spiro atoms. The first-order chi connectivity index (χ1) is 15.6. The van der Waals surface area contributed by atoms with Crippen molar-refractivity contribution in [1.29, 1.82) is 0 Å². The number of esters is 1. The monoisotopic (exact) mass is 434 g/mol. The number of anilines is 1. The van der Waals surface area contributed by atoms with E-state index in [1.54, 1.807) is 24.3 Å². The van der Waals surface area contributed by atoms with Crippen LogP contribution < -0.4 is 15.1 Å². The number of piperazine rings is 1. The van der Waals surface area contributed by atoms with E-state index in [0.717, 1.165) is 31.7 Å². The molecule has 0 N–H and O–H groups in total. The van der Waals surface area contributed by atoms with Crippen molar-refractivity contribution in [2.45, 2.75) is 13.2 Å². The lowest BCUT2D eigenvalue weighted by molar-refractivity contribution is 0.0600. The molecule has 0 aliphatic carbocycles. The van der Waals surface area contributed by atoms with Gasteiger partial charge in [-0.25, -0.2) is 4.79 Å². The Labute approximate surface area is 186 Å². The molecule has 1 aromatic heterocycles. The first-order valence-electron chi connectivity index (χ1n) is 10.6. The van der Waals surface area contributed by atoms with Gasteiger partial charge in [-0.3, -0.25) is 9.69 Å². The maximum Gasteiger partial charge on any atom is 0.337 e. The number of hydrogen-bond acceptors (Lipinski definition) is 7. The van der Waals surface area contributed by atoms with Gasteiger partial charge in [0.2, 0.25) is 11.2 Å². The molecule has 1 aliphatic heterocycles. The molecule has 4 rings (SSSR count). The number of hydrogen-bond donors (Lipinski definition) is 0. The average molecular weight is 434 g/mol. The molecule has 32 heavy (non-hydrogen) atoms. The zero-order valence-corrected chi connectivity index (χ0v) is 18.0. The first kappa shape index (κ1) is 21.6. The molecule has 7 nitrogen and oxygen atoms in total. The Morgan fingerprint density at radius 3 is 2.38 bits per heavy atom. The predicted octanol–water partition coefficient (Wildman–Crippen LogP) is 3.33. The van der Waals surface area contributed by atoms with E-state index in [-0.39, 0.29) is 17.8 Å². The topological polar surface area (TPSA) is 72.2 Å². The van der Waals surface area contributed by atoms with Crippen LogP contribution in [0.4, 0.5) is 5.69 Å². The summed E-state index contributed by atoms with van der Waals surface area (Å²) in [6.07, 6.45) is 1.38. The second-order valence-electron chi connectivity index (χ2n) is 7.65. The summed E-state index contributed by atoms with van der Waals surface area (Å²) in [4.78, 5) is 28.6. The molecular weight excluding hydrogens is 408 g/mol. The number of ether oxygens (including phenoxy) is 2. The second kappa shape index (κ2) is 10.2. The zero-order chi connectivity index (χ0) is 22.3. The number of nitrogens with zero attached hydrogens (tertiary/aromatic N) is 2. The highest BCUT2D eigenvalue weighted by Crippen LogP contribution is 2.17. The summed E-state index contributed by atoms with van der Waals surface area (Å²) in [6, 6.07) is 18.7. The van der Waals surface area contributed by atoms with Gasteiger partial charge in [0.1, 0.15) is 18.6 Å². The van der Waals surface area contributed by atoms with Crippen LogP contribution in [0, 0.1) is 0 Å². The average Bonchev–Trinajstić information content (AvgIpc) is 2.84. The number of benzene rings is 2. The fourth-order valence-electron chi connectivity index (χ4n) is 3.67. The molecule has 3 aromatic rings. The first-order valence-corrected chi connectivity index (χ1v) is 10.6. The molecule has 7 heteroatoms. The lowest BCUT2D eigenvalue weighted by atomic mass is 10.1. The van der Waals surface area contributed by atoms with E-state index < -0.39 is 5.97 Å². The Morgan fingerprint density at radius 2 is 1.72 bits per heavy atom. The highest BCUT2D eigenvalue weighted by atomic mass is 16.5. The SMILES string of the molecule is COC(=O)c1ccc(COc2coc(CN3CCN(c4ccccc4)CC3)cc2=O)cc1. The minimum atomic E-state index is -0.393. The number of carbonyl (C=O) groups is 1. The lowest BCUT2D eigenvalue weighted by Crippen LogP contribution is -2.46. The van der Waals surface area contributed by atoms with Crippen molar-refractivity contribution in [1.82, 2.24) is 4.90 Å². The van der Waals surface area contributed by atoms with Crippen LogP contribution in [0.2, 0.25) is 0 Å². The van der Waals surface area contributed by atoms with Crippen LogP contribution in [0.5, 0.6) is 5.75 Å². The molecule has 0 unspecified atom stereocenters. The molecule has 0 bridgehead atoms. The third-order valence-corrected chi connectivity index (χ3v) is 5.49. The van der Waals surface area contributed by atoms with Crippen molar-refractivity contribution < 1.29 is 18.7 Å². The normalized spacial score (nSPS) is 14.2. The molecule has 2 heterocycles. The minimum absolute atomic E-state index is 0.166. The smallest absolute Gasteiger partial charge is 0.337 e. The standard InChI is InChI=1S/C25H26N2O5/c1-30-25(29)20-9-7-19(8-10-20)17-32-24-18-31-22(15-23(24)28)16-26-11-13-27(14-12-26)21-5-3-2-4-6-21/h2-10,15,18H,11-14,16-17H2,1H3. The van der Waals surface area contributed by atoms with Gasteiger partial charge in [0.05, 0.1) is 19.2 Å². The van der Waals surface area contributed by atoms with Crippen LogP contribution in [0.3, 0.4) is 0 Å². The molecule has 0 saturated carbocycles. The highest BCUT2D eigenvalue weighted by molar-refractivity contribution is 5.89. The second-order valence-corrected chi connectivity index (χ2v) is 7.65. The molecule has 0 atom stereocenters. The molecule has 0 amide bonds. The van der Waals surface area contributed by atoms with E-state index in [1.165, 1.54) is 25.1 Å². The third kappa shape index (κ3) is 5.36. The summed E-state index contributed by atoms with van der Waals surface area (Å²) in [5.41, 5.74) is 2.32. The highest BCUT2D eigenvalue weighted by Gasteiger charge is 2.18. The van der Waals surface area contributed by atoms with Gasteiger partial charge in [-0.2, -0.15) is 0 Å². The van der Waals surface area contributed by atoms with Crippen molar-refractivity contribution in [3.05, 3.63) is 94.0 Å². The van der Waals surface area contributed by atoms with E-state index in [9.17, 15) is 9.59 Å². The van der Waals surface area contributed by atoms with Gasteiger partial charge in [-0.1, -0.05) is 30.3 Å². The van der Waals surface area contributed by atoms with E-state index in [4.69, 9.17) is 9.15 Å². The fourth-order valence-corrected chi connectivity index (χ4v) is 3.67. The Morgan fingerprint density at radius 1 is 1.00 bits per heavy atom. The Kier molecular flexibility index (Phi) is 6.87. The van der Waals surface area contributed by atoms with Gasteiger partial charge < -0.3 is 18.8 Å². The molecular formula is C25H26N2O5. The van der Waals surface area contributed by atoms with Crippen LogP contribution in [0.1, 0.15) is 21.7 Å². The summed E-state index contributed by atoms with van der Waals surface area (Å²) in [7, 11) is 1.34. The van der Waals surface area contributed by atoms with E-state index >= 15 is 0 Å². The van der Waals surface area contributed by atoms with Crippen LogP contribution in [-0.4, -0.2) is 44.2 Å². The third-order valence-electron chi connectivity index (χ3n) is 5.49. The van der Waals surface area contributed by atoms with Gasteiger partial charge in [0.15, 0.2) is 0 Å². The lowest BCUT2D eigenvalue weighted by Gasteiger charge is -2.35. The summed E-state index contributed by atoms with van der Waals surface area (Å²) >= 11 is 0. The number of rotatable bonds is 7. The fraction of sp³-hybridized carbons (Fsp3) is 0.280. The zero-order valence-electron chi connectivity index (χ0n) is 18.0. The van der Waals surface area contributed by atoms with Gasteiger partial charge in [0.25, 0.3) is 0 Å². The molecule has 166 valence electrons. The van der Waals surface area contributed by atoms with Crippen LogP contribution in [-0.2, 0) is 17.9 Å². The van der Waals surface area contributed by atoms with Crippen molar-refractivity contribution in [3.63, 3.8) is 0 Å². The van der Waals surface area contributed by atoms with Crippen LogP contribution in [0.25, 0.3) is 0 Å². The molecule has 0 radical (unpaired) electrons. The van der Waals surface area contributed by atoms with Gasteiger partial charge >= 0.3 is 5.97 Å². The van der Waals surface area contributed by atoms with E-state index in [0.29, 0.717) is 17.9 Å². The van der Waals surface area contributed by atoms with Crippen LogP contribution in [0.15, 0.2) is 76.1 Å². The quantitative estimate of drug-likeness (QED) is 0.528. The maximum atomic E-state index is 12.4. The molecule has 1 fully saturated rings. The molecule has 1 aliphatic rings. The van der Waals surface area contributed by atoms with E-state index in [2.05, 4.69) is 38.8 Å². The van der Waals surface area contributed by atoms with Crippen molar-refractivity contribution in [2.75, 3.05) is 38.2 Å². The summed E-state index contributed by atoms with van der Waals surface area (Å²) < 4.78 is 16.0. The van der Waals surface area contributed by atoms with Crippen molar-refractivity contribution in [3.8, 4) is 5.75 Å². The van der Waals surface area contributed by atoms with Crippen molar-refractivity contribution in [2.24, 2.45) is 0 Å². The Balaban J connectivity index is 1.29. The number of para-hydroxylation sites is 1. The Bertz CT molecular complexity index is 1090. The van der Waals surface area contributed by atoms with Gasteiger partial charge in [-0.15, -0.1) is 0 Å². The van der Waals surface area contributed by atoms with Crippen molar-refractivity contribution >= 4 is 11.7 Å². The summed E-state index contributed by atoms with van der Waals surface area (Å²) in [5, 5.41) is 0. The minimum Gasteiger partial charge on any atom is -0.482 e. The number of carbonyl (C=O) groups excluding carboxylic acids is 1. The molecule has 1 saturated heterocycles. The largest absolute Gasteiger partial charge is 0.482 e. The van der Waals surface area contributed by atoms with Gasteiger partial charge in [-0.05, 0) is 29.8 Å². The maximum absolute atomic E-state index is 12.4. The summed E-state index contributed by atoms with van der Waals surface area (Å²) in [5.74, 6) is 0.396.